The van der Waals surface area contributed by atoms with Crippen molar-refractivity contribution in [3.05, 3.63) is 63.3 Å². The molecule has 0 aromatic heterocycles. The molecule has 2 aliphatic heterocycles. The third-order valence-electron chi connectivity index (χ3n) is 13.2. The van der Waals surface area contributed by atoms with Gasteiger partial charge < -0.3 is 0 Å². The number of carbonyl (C=O) groups is 4. The standard InChI is InChI=1S/C50H59I3N2O4/c1-5-9-13-17-21-30(22-18-14-10-6-2)54-47(56)33-26-25-32-34-27-38(52)44-46-41(34)36(35-28-37(51)43(48(54)57)42(33)40(32)35)29-39(53)45(46)50(59)55(49(44)58)31(23-19-15-11-7-3)24-20-16-12-8-4/h25-31H,5-24H2,1-4H3. The Morgan fingerprint density at radius 1 is 0.407 bits per heavy atom. The van der Waals surface area contributed by atoms with Crippen molar-refractivity contribution in [1.82, 2.24) is 9.80 Å². The first kappa shape index (κ1) is 44.9. The third-order valence-corrected chi connectivity index (χ3v) is 15.7. The number of fused-ring (bicyclic) bond motifs is 2. The zero-order chi connectivity index (χ0) is 42.0. The van der Waals surface area contributed by atoms with E-state index in [-0.39, 0.29) is 35.7 Å². The topological polar surface area (TPSA) is 74.8 Å². The molecule has 0 radical (unpaired) electrons. The van der Waals surface area contributed by atoms with Crippen molar-refractivity contribution < 1.29 is 19.2 Å². The van der Waals surface area contributed by atoms with Gasteiger partial charge in [-0.25, -0.2) is 0 Å². The van der Waals surface area contributed by atoms with Crippen molar-refractivity contribution in [3.8, 4) is 0 Å². The van der Waals surface area contributed by atoms with Gasteiger partial charge >= 0.3 is 0 Å². The van der Waals surface area contributed by atoms with Crippen molar-refractivity contribution in [1.29, 1.82) is 0 Å². The number of benzene rings is 5. The van der Waals surface area contributed by atoms with Crippen molar-refractivity contribution in [2.45, 2.75) is 168 Å². The number of halogens is 3. The lowest BCUT2D eigenvalue weighted by Crippen LogP contribution is -2.48. The highest BCUT2D eigenvalue weighted by Gasteiger charge is 2.42. The summed E-state index contributed by atoms with van der Waals surface area (Å²) in [5.74, 6) is -0.720. The van der Waals surface area contributed by atoms with Gasteiger partial charge in [-0.1, -0.05) is 136 Å². The fourth-order valence-electron chi connectivity index (χ4n) is 10.1. The first-order valence-electron chi connectivity index (χ1n) is 22.6. The van der Waals surface area contributed by atoms with E-state index in [0.29, 0.717) is 22.3 Å². The summed E-state index contributed by atoms with van der Waals surface area (Å²) >= 11 is 6.92. The lowest BCUT2D eigenvalue weighted by molar-refractivity contribution is 0.0500. The van der Waals surface area contributed by atoms with Crippen LogP contribution >= 0.6 is 67.8 Å². The molecule has 4 amide bonds. The highest BCUT2D eigenvalue weighted by Crippen LogP contribution is 2.50. The summed E-state index contributed by atoms with van der Waals surface area (Å²) in [6.07, 6.45) is 20.9. The van der Waals surface area contributed by atoms with Gasteiger partial charge in [-0.3, -0.25) is 29.0 Å². The fraction of sp³-hybridized carbons (Fsp3) is 0.520. The van der Waals surface area contributed by atoms with Gasteiger partial charge in [-0.2, -0.15) is 0 Å². The Balaban J connectivity index is 1.37. The summed E-state index contributed by atoms with van der Waals surface area (Å²) < 4.78 is 2.47. The summed E-state index contributed by atoms with van der Waals surface area (Å²) in [6.45, 7) is 8.83. The molecule has 2 heterocycles. The monoisotopic (exact) mass is 1130 g/mol. The number of amides is 4. The van der Waals surface area contributed by atoms with Gasteiger partial charge in [0.05, 0.1) is 16.7 Å². The molecule has 5 aromatic rings. The Kier molecular flexibility index (Phi) is 15.2. The van der Waals surface area contributed by atoms with Gasteiger partial charge in [-0.15, -0.1) is 0 Å². The van der Waals surface area contributed by atoms with Gasteiger partial charge in [0.15, 0.2) is 0 Å². The second-order valence-electron chi connectivity index (χ2n) is 17.2. The van der Waals surface area contributed by atoms with Crippen LogP contribution in [0.2, 0.25) is 0 Å². The zero-order valence-electron chi connectivity index (χ0n) is 35.3. The van der Waals surface area contributed by atoms with Crippen LogP contribution in [0.3, 0.4) is 0 Å². The summed E-state index contributed by atoms with van der Waals surface area (Å²) in [7, 11) is 0. The third kappa shape index (κ3) is 8.41. The normalized spacial score (nSPS) is 14.4. The van der Waals surface area contributed by atoms with Crippen LogP contribution in [0.4, 0.5) is 0 Å². The van der Waals surface area contributed by atoms with Crippen LogP contribution in [-0.4, -0.2) is 45.5 Å². The van der Waals surface area contributed by atoms with E-state index >= 15 is 0 Å². The van der Waals surface area contributed by atoms with Crippen LogP contribution in [-0.2, 0) is 0 Å². The molecule has 0 bridgehead atoms. The molecule has 59 heavy (non-hydrogen) atoms. The number of rotatable bonds is 22. The summed E-state index contributed by atoms with van der Waals surface area (Å²) in [5, 5.41) is 7.11. The van der Waals surface area contributed by atoms with E-state index < -0.39 is 0 Å². The van der Waals surface area contributed by atoms with Crippen LogP contribution in [0.15, 0.2) is 30.3 Å². The SMILES string of the molecule is CCCCCCC(CCCCCC)N1C(=O)c2ccc3c4cc(I)c5c6c(c(I)cc(c7cc(I)c(c2c37)C1=O)c64)C(=O)N(C(CCCCCC)CCCCCC)C5=O. The van der Waals surface area contributed by atoms with E-state index in [9.17, 15) is 19.2 Å². The maximum atomic E-state index is 14.9. The molecule has 7 rings (SSSR count). The van der Waals surface area contributed by atoms with Gasteiger partial charge in [0.1, 0.15) is 0 Å². The molecule has 0 fully saturated rings. The number of nitrogens with zero attached hydrogens (tertiary/aromatic N) is 2. The molecule has 9 heteroatoms. The molecule has 0 saturated carbocycles. The molecule has 5 aromatic carbocycles. The van der Waals surface area contributed by atoms with Crippen LogP contribution in [0.1, 0.15) is 198 Å². The summed E-state index contributed by atoms with van der Waals surface area (Å²) in [4.78, 5) is 62.6. The predicted octanol–water partition coefficient (Wildman–Crippen LogP) is 15.4. The maximum absolute atomic E-state index is 14.9. The van der Waals surface area contributed by atoms with Gasteiger partial charge in [0, 0.05) is 39.1 Å². The van der Waals surface area contributed by atoms with Crippen molar-refractivity contribution in [2.75, 3.05) is 0 Å². The first-order chi connectivity index (χ1) is 28.6. The fourth-order valence-corrected chi connectivity index (χ4v) is 12.6. The van der Waals surface area contributed by atoms with Crippen LogP contribution < -0.4 is 0 Å². The summed E-state index contributed by atoms with van der Waals surface area (Å²) in [6, 6.07) is 10.1. The quantitative estimate of drug-likeness (QED) is 0.0228. The molecule has 0 spiro atoms. The van der Waals surface area contributed by atoms with Crippen molar-refractivity contribution >= 4 is 134 Å². The molecule has 2 aliphatic rings. The van der Waals surface area contributed by atoms with Crippen molar-refractivity contribution in [2.24, 2.45) is 0 Å². The first-order valence-corrected chi connectivity index (χ1v) is 25.9. The highest BCUT2D eigenvalue weighted by atomic mass is 127. The van der Waals surface area contributed by atoms with E-state index in [1.165, 1.54) is 0 Å². The Morgan fingerprint density at radius 2 is 0.746 bits per heavy atom. The van der Waals surface area contributed by atoms with Gasteiger partial charge in [0.2, 0.25) is 0 Å². The lowest BCUT2D eigenvalue weighted by atomic mass is 9.81. The van der Waals surface area contributed by atoms with Crippen molar-refractivity contribution in [3.63, 3.8) is 0 Å². The Bertz CT molecular complexity index is 2360. The highest BCUT2D eigenvalue weighted by molar-refractivity contribution is 14.1. The number of hydrogen-bond donors (Lipinski definition) is 0. The average molecular weight is 1130 g/mol. The number of hydrogen-bond acceptors (Lipinski definition) is 4. The largest absolute Gasteiger partial charge is 0.271 e. The maximum Gasteiger partial charge on any atom is 0.262 e. The predicted molar refractivity (Wildman–Crippen MR) is 269 cm³/mol. The lowest BCUT2D eigenvalue weighted by Gasteiger charge is -2.36. The van der Waals surface area contributed by atoms with Gasteiger partial charge in [-0.05, 0) is 150 Å². The van der Waals surface area contributed by atoms with Crippen LogP contribution in [0.25, 0.3) is 43.1 Å². The molecule has 0 saturated heterocycles. The van der Waals surface area contributed by atoms with Gasteiger partial charge in [0.25, 0.3) is 23.6 Å². The van der Waals surface area contributed by atoms with Crippen LogP contribution in [0, 0.1) is 10.7 Å². The minimum atomic E-state index is -0.187. The number of unbranched alkanes of at least 4 members (excludes halogenated alkanes) is 12. The summed E-state index contributed by atoms with van der Waals surface area (Å²) in [5.41, 5.74) is 2.46. The Hall–Kier alpha value is -2.13. The van der Waals surface area contributed by atoms with E-state index in [4.69, 9.17) is 0 Å². The Morgan fingerprint density at radius 3 is 1.14 bits per heavy atom. The molecule has 6 nitrogen and oxygen atoms in total. The minimum Gasteiger partial charge on any atom is -0.271 e. The average Bonchev–Trinajstić information content (AvgIpc) is 3.21. The zero-order valence-corrected chi connectivity index (χ0v) is 41.8. The molecule has 314 valence electrons. The van der Waals surface area contributed by atoms with E-state index in [1.54, 1.807) is 9.80 Å². The second kappa shape index (κ2) is 19.9. The molecule has 0 aliphatic carbocycles. The number of carbonyl (C=O) groups excluding carboxylic acids is 4. The Labute approximate surface area is 391 Å². The molecular weight excluding hydrogens is 1070 g/mol. The van der Waals surface area contributed by atoms with E-state index in [1.807, 2.05) is 6.07 Å². The molecule has 0 atom stereocenters. The van der Waals surface area contributed by atoms with E-state index in [0.717, 1.165) is 182 Å². The molecule has 0 N–H and O–H groups in total. The molecule has 0 unspecified atom stereocenters. The smallest absolute Gasteiger partial charge is 0.262 e. The van der Waals surface area contributed by atoms with Crippen LogP contribution in [0.5, 0.6) is 0 Å². The molecular formula is C50H59I3N2O4. The number of imide groups is 2. The second-order valence-corrected chi connectivity index (χ2v) is 20.7. The van der Waals surface area contributed by atoms with E-state index in [2.05, 4.69) is 120 Å². The minimum absolute atomic E-state index is 0.128.